The van der Waals surface area contributed by atoms with Gasteiger partial charge in [0.25, 0.3) is 10.0 Å². The Hall–Kier alpha value is -3.12. The molecule has 0 aliphatic carbocycles. The fourth-order valence-electron chi connectivity index (χ4n) is 3.18. The highest BCUT2D eigenvalue weighted by molar-refractivity contribution is 7.92. The van der Waals surface area contributed by atoms with Gasteiger partial charge in [-0.15, -0.1) is 0 Å². The van der Waals surface area contributed by atoms with Gasteiger partial charge in [-0.25, -0.2) is 8.42 Å². The molecule has 0 unspecified atom stereocenters. The molecular weight excluding hydrogens is 396 g/mol. The van der Waals surface area contributed by atoms with Crippen molar-refractivity contribution < 1.29 is 13.2 Å². The summed E-state index contributed by atoms with van der Waals surface area (Å²) < 4.78 is 27.9. The molecule has 30 heavy (non-hydrogen) atoms. The number of carbonyl (C=O) groups excluding carboxylic acids is 1. The smallest absolute Gasteiger partial charge is 0.264 e. The van der Waals surface area contributed by atoms with Gasteiger partial charge in [0.15, 0.2) is 0 Å². The first-order valence-electron chi connectivity index (χ1n) is 9.78. The van der Waals surface area contributed by atoms with E-state index in [1.54, 1.807) is 42.5 Å². The van der Waals surface area contributed by atoms with Gasteiger partial charge in [0.1, 0.15) is 6.54 Å². The third kappa shape index (κ3) is 5.07. The van der Waals surface area contributed by atoms with E-state index < -0.39 is 10.0 Å². The van der Waals surface area contributed by atoms with Gasteiger partial charge in [-0.2, -0.15) is 0 Å². The summed E-state index contributed by atoms with van der Waals surface area (Å²) >= 11 is 0. The SMILES string of the molecule is Cc1ccc(S(=O)(=O)N(CC(=O)N[C@H](C)c2ccccc2)c2cccc(C)c2)cc1. The lowest BCUT2D eigenvalue weighted by Crippen LogP contribution is -2.41. The van der Waals surface area contributed by atoms with Gasteiger partial charge >= 0.3 is 0 Å². The van der Waals surface area contributed by atoms with Crippen molar-refractivity contribution in [2.75, 3.05) is 10.8 Å². The van der Waals surface area contributed by atoms with E-state index >= 15 is 0 Å². The monoisotopic (exact) mass is 422 g/mol. The number of anilines is 1. The van der Waals surface area contributed by atoms with Gasteiger partial charge in [-0.1, -0.05) is 60.2 Å². The molecule has 1 atom stereocenters. The molecule has 0 bridgehead atoms. The number of hydrogen-bond acceptors (Lipinski definition) is 3. The molecule has 0 radical (unpaired) electrons. The van der Waals surface area contributed by atoms with Gasteiger partial charge in [0.05, 0.1) is 16.6 Å². The van der Waals surface area contributed by atoms with E-state index in [0.29, 0.717) is 5.69 Å². The number of hydrogen-bond donors (Lipinski definition) is 1. The average molecular weight is 423 g/mol. The Morgan fingerprint density at radius 3 is 2.20 bits per heavy atom. The Morgan fingerprint density at radius 1 is 0.900 bits per heavy atom. The van der Waals surface area contributed by atoms with Gasteiger partial charge < -0.3 is 5.32 Å². The van der Waals surface area contributed by atoms with Crippen molar-refractivity contribution in [3.8, 4) is 0 Å². The molecular formula is C24H26N2O3S. The Labute approximate surface area is 178 Å². The van der Waals surface area contributed by atoms with Gasteiger partial charge in [-0.05, 0) is 56.2 Å². The average Bonchev–Trinajstić information content (AvgIpc) is 2.73. The summed E-state index contributed by atoms with van der Waals surface area (Å²) in [6.07, 6.45) is 0. The summed E-state index contributed by atoms with van der Waals surface area (Å²) in [4.78, 5) is 13.0. The maximum absolute atomic E-state index is 13.4. The van der Waals surface area contributed by atoms with Crippen molar-refractivity contribution in [1.29, 1.82) is 0 Å². The fourth-order valence-corrected chi connectivity index (χ4v) is 4.59. The van der Waals surface area contributed by atoms with Crippen LogP contribution in [-0.2, 0) is 14.8 Å². The Bertz CT molecular complexity index is 1110. The van der Waals surface area contributed by atoms with E-state index in [-0.39, 0.29) is 23.4 Å². The van der Waals surface area contributed by atoms with E-state index in [9.17, 15) is 13.2 Å². The highest BCUT2D eigenvalue weighted by atomic mass is 32.2. The summed E-state index contributed by atoms with van der Waals surface area (Å²) in [5.41, 5.74) is 3.28. The molecule has 0 aliphatic heterocycles. The molecule has 0 saturated carbocycles. The second-order valence-electron chi connectivity index (χ2n) is 7.36. The molecule has 0 heterocycles. The zero-order chi connectivity index (χ0) is 21.7. The van der Waals surface area contributed by atoms with Crippen molar-refractivity contribution in [3.05, 3.63) is 95.6 Å². The summed E-state index contributed by atoms with van der Waals surface area (Å²) in [6, 6.07) is 23.1. The van der Waals surface area contributed by atoms with Crippen LogP contribution in [0.5, 0.6) is 0 Å². The summed E-state index contributed by atoms with van der Waals surface area (Å²) in [5, 5.41) is 2.90. The van der Waals surface area contributed by atoms with Gasteiger partial charge in [0, 0.05) is 0 Å². The minimum atomic E-state index is -3.91. The molecule has 1 N–H and O–H groups in total. The minimum absolute atomic E-state index is 0.151. The normalized spacial score (nSPS) is 12.2. The molecule has 0 fully saturated rings. The Morgan fingerprint density at radius 2 is 1.57 bits per heavy atom. The standard InChI is InChI=1S/C24H26N2O3S/c1-18-12-14-23(15-13-18)30(28,29)26(22-11-7-8-19(2)16-22)17-24(27)25-20(3)21-9-5-4-6-10-21/h4-16,20H,17H2,1-3H3,(H,25,27)/t20-/m1/s1. The predicted octanol–water partition coefficient (Wildman–Crippen LogP) is 4.38. The molecule has 156 valence electrons. The number of nitrogens with zero attached hydrogens (tertiary/aromatic N) is 1. The first-order chi connectivity index (χ1) is 14.3. The summed E-state index contributed by atoms with van der Waals surface area (Å²) in [5.74, 6) is -0.372. The van der Waals surface area contributed by atoms with E-state index in [1.165, 1.54) is 0 Å². The highest BCUT2D eigenvalue weighted by Gasteiger charge is 2.27. The van der Waals surface area contributed by atoms with Crippen LogP contribution in [0.15, 0.2) is 83.8 Å². The van der Waals surface area contributed by atoms with Crippen LogP contribution in [0.3, 0.4) is 0 Å². The van der Waals surface area contributed by atoms with Crippen LogP contribution in [0.4, 0.5) is 5.69 Å². The molecule has 0 aromatic heterocycles. The van der Waals surface area contributed by atoms with Crippen LogP contribution in [0, 0.1) is 13.8 Å². The van der Waals surface area contributed by atoms with Crippen LogP contribution >= 0.6 is 0 Å². The first-order valence-corrected chi connectivity index (χ1v) is 11.2. The molecule has 3 aromatic rings. The number of amides is 1. The lowest BCUT2D eigenvalue weighted by Gasteiger charge is -2.25. The quantitative estimate of drug-likeness (QED) is 0.615. The largest absolute Gasteiger partial charge is 0.348 e. The Kier molecular flexibility index (Phi) is 6.57. The first kappa shape index (κ1) is 21.6. The van der Waals surface area contributed by atoms with Crippen molar-refractivity contribution in [3.63, 3.8) is 0 Å². The number of benzene rings is 3. The minimum Gasteiger partial charge on any atom is -0.348 e. The van der Waals surface area contributed by atoms with Crippen LogP contribution in [0.2, 0.25) is 0 Å². The van der Waals surface area contributed by atoms with Crippen molar-refractivity contribution in [2.45, 2.75) is 31.7 Å². The third-order valence-corrected chi connectivity index (χ3v) is 6.65. The molecule has 6 heteroatoms. The maximum atomic E-state index is 13.4. The second-order valence-corrected chi connectivity index (χ2v) is 9.23. The molecule has 0 spiro atoms. The zero-order valence-corrected chi connectivity index (χ0v) is 18.2. The predicted molar refractivity (Wildman–Crippen MR) is 120 cm³/mol. The molecule has 5 nitrogen and oxygen atoms in total. The lowest BCUT2D eigenvalue weighted by molar-refractivity contribution is -0.120. The molecule has 0 aliphatic rings. The second kappa shape index (κ2) is 9.13. The molecule has 0 saturated heterocycles. The highest BCUT2D eigenvalue weighted by Crippen LogP contribution is 2.25. The maximum Gasteiger partial charge on any atom is 0.264 e. The van der Waals surface area contributed by atoms with E-state index in [4.69, 9.17) is 0 Å². The third-order valence-electron chi connectivity index (χ3n) is 4.86. The van der Waals surface area contributed by atoms with Gasteiger partial charge in [0.2, 0.25) is 5.91 Å². The van der Waals surface area contributed by atoms with Crippen LogP contribution in [-0.4, -0.2) is 20.9 Å². The van der Waals surface area contributed by atoms with Gasteiger partial charge in [-0.3, -0.25) is 9.10 Å². The number of sulfonamides is 1. The zero-order valence-electron chi connectivity index (χ0n) is 17.4. The van der Waals surface area contributed by atoms with E-state index in [2.05, 4.69) is 5.32 Å². The number of nitrogens with one attached hydrogen (secondary N) is 1. The van der Waals surface area contributed by atoms with Crippen LogP contribution < -0.4 is 9.62 Å². The van der Waals surface area contributed by atoms with Crippen molar-refractivity contribution in [2.24, 2.45) is 0 Å². The number of rotatable bonds is 7. The number of aryl methyl sites for hydroxylation is 2. The summed E-state index contributed by atoms with van der Waals surface area (Å²) in [6.45, 7) is 5.35. The van der Waals surface area contributed by atoms with E-state index in [1.807, 2.05) is 57.2 Å². The summed E-state index contributed by atoms with van der Waals surface area (Å²) in [7, 11) is -3.91. The number of carbonyl (C=O) groups is 1. The van der Waals surface area contributed by atoms with Crippen molar-refractivity contribution in [1.82, 2.24) is 5.32 Å². The van der Waals surface area contributed by atoms with Crippen molar-refractivity contribution >= 4 is 21.6 Å². The topological polar surface area (TPSA) is 66.5 Å². The van der Waals surface area contributed by atoms with E-state index in [0.717, 1.165) is 21.0 Å². The molecule has 3 aromatic carbocycles. The lowest BCUT2D eigenvalue weighted by atomic mass is 10.1. The van der Waals surface area contributed by atoms with Crippen LogP contribution in [0.25, 0.3) is 0 Å². The fraction of sp³-hybridized carbons (Fsp3) is 0.208. The Balaban J connectivity index is 1.90. The molecule has 3 rings (SSSR count). The molecule has 1 amide bonds. The van der Waals surface area contributed by atoms with Crippen LogP contribution in [0.1, 0.15) is 29.7 Å².